The summed E-state index contributed by atoms with van der Waals surface area (Å²) < 4.78 is 10.5. The van der Waals surface area contributed by atoms with E-state index in [1.54, 1.807) is 12.1 Å². The van der Waals surface area contributed by atoms with Crippen LogP contribution in [0.5, 0.6) is 0 Å². The van der Waals surface area contributed by atoms with Gasteiger partial charge < -0.3 is 9.47 Å². The van der Waals surface area contributed by atoms with Crippen molar-refractivity contribution in [3.63, 3.8) is 0 Å². The summed E-state index contributed by atoms with van der Waals surface area (Å²) in [6.07, 6.45) is -0.365. The van der Waals surface area contributed by atoms with E-state index in [4.69, 9.17) is 9.47 Å². The molecule has 1 aromatic carbocycles. The highest BCUT2D eigenvalue weighted by molar-refractivity contribution is 5.85. The van der Waals surface area contributed by atoms with Gasteiger partial charge in [-0.25, -0.2) is 0 Å². The van der Waals surface area contributed by atoms with E-state index in [0.717, 1.165) is 5.56 Å². The fourth-order valence-corrected chi connectivity index (χ4v) is 1.30. The molecular weight excluding hydrogens is 222 g/mol. The molecule has 0 spiro atoms. The highest BCUT2D eigenvalue weighted by atomic mass is 35.5. The number of nitro groups is 1. The molecule has 5 nitrogen and oxygen atoms in total. The average molecular weight is 232 g/mol. The van der Waals surface area contributed by atoms with E-state index in [1.807, 2.05) is 0 Å². The lowest BCUT2D eigenvalue weighted by Gasteiger charge is -2.07. The zero-order valence-corrected chi connectivity index (χ0v) is 8.61. The van der Waals surface area contributed by atoms with E-state index in [2.05, 4.69) is 0 Å². The number of ether oxygens (including phenoxy) is 2. The molecule has 0 radical (unpaired) electrons. The molecule has 15 heavy (non-hydrogen) atoms. The van der Waals surface area contributed by atoms with Crippen LogP contribution in [0.2, 0.25) is 0 Å². The summed E-state index contributed by atoms with van der Waals surface area (Å²) >= 11 is 0. The van der Waals surface area contributed by atoms with E-state index in [0.29, 0.717) is 13.2 Å². The van der Waals surface area contributed by atoms with E-state index < -0.39 is 4.92 Å². The number of non-ortho nitro benzene ring substituents is 1. The van der Waals surface area contributed by atoms with Crippen molar-refractivity contribution < 1.29 is 14.4 Å². The summed E-state index contributed by atoms with van der Waals surface area (Å²) in [4.78, 5) is 9.95. The van der Waals surface area contributed by atoms with Crippen molar-refractivity contribution in [2.24, 2.45) is 0 Å². The third-order valence-corrected chi connectivity index (χ3v) is 2.00. The van der Waals surface area contributed by atoms with Gasteiger partial charge in [0.1, 0.15) is 0 Å². The van der Waals surface area contributed by atoms with Crippen molar-refractivity contribution in [2.45, 2.75) is 6.29 Å². The summed E-state index contributed by atoms with van der Waals surface area (Å²) in [6, 6.07) is 6.18. The van der Waals surface area contributed by atoms with E-state index >= 15 is 0 Å². The predicted molar refractivity (Wildman–Crippen MR) is 55.0 cm³/mol. The van der Waals surface area contributed by atoms with Gasteiger partial charge in [-0.15, -0.1) is 12.4 Å². The van der Waals surface area contributed by atoms with E-state index in [1.165, 1.54) is 12.1 Å². The van der Waals surface area contributed by atoms with Crippen molar-refractivity contribution >= 4 is 18.1 Å². The fraction of sp³-hybridized carbons (Fsp3) is 0.333. The van der Waals surface area contributed by atoms with Crippen molar-refractivity contribution in [3.05, 3.63) is 39.9 Å². The van der Waals surface area contributed by atoms with Gasteiger partial charge in [0.15, 0.2) is 6.29 Å². The lowest BCUT2D eigenvalue weighted by Crippen LogP contribution is -1.97. The first-order chi connectivity index (χ1) is 6.77. The molecule has 0 atom stereocenters. The predicted octanol–water partition coefficient (Wildman–Crippen LogP) is 2.06. The van der Waals surface area contributed by atoms with Crippen LogP contribution in [0.25, 0.3) is 0 Å². The van der Waals surface area contributed by atoms with Gasteiger partial charge in [0.05, 0.1) is 18.1 Å². The molecule has 1 aliphatic rings. The van der Waals surface area contributed by atoms with Gasteiger partial charge in [-0.3, -0.25) is 10.1 Å². The topological polar surface area (TPSA) is 61.6 Å². The Morgan fingerprint density at radius 2 is 1.73 bits per heavy atom. The van der Waals surface area contributed by atoms with E-state index in [-0.39, 0.29) is 24.4 Å². The Bertz CT molecular complexity index is 334. The third kappa shape index (κ3) is 2.65. The molecule has 0 saturated carbocycles. The maximum absolute atomic E-state index is 10.4. The molecule has 0 aliphatic carbocycles. The van der Waals surface area contributed by atoms with E-state index in [9.17, 15) is 10.1 Å². The molecule has 0 N–H and O–H groups in total. The van der Waals surface area contributed by atoms with Crippen molar-refractivity contribution in [1.29, 1.82) is 0 Å². The first-order valence-electron chi connectivity index (χ1n) is 4.25. The zero-order chi connectivity index (χ0) is 9.97. The number of nitro benzene ring substituents is 1. The lowest BCUT2D eigenvalue weighted by molar-refractivity contribution is -0.384. The molecule has 1 fully saturated rings. The number of rotatable bonds is 2. The Morgan fingerprint density at radius 1 is 1.20 bits per heavy atom. The summed E-state index contributed by atoms with van der Waals surface area (Å²) in [7, 11) is 0. The number of hydrogen-bond acceptors (Lipinski definition) is 4. The van der Waals surface area contributed by atoms with Gasteiger partial charge in [-0.1, -0.05) is 0 Å². The van der Waals surface area contributed by atoms with Crippen LogP contribution < -0.4 is 0 Å². The van der Waals surface area contributed by atoms with Crippen molar-refractivity contribution in [2.75, 3.05) is 13.2 Å². The molecule has 2 rings (SSSR count). The second-order valence-corrected chi connectivity index (χ2v) is 2.92. The molecule has 82 valence electrons. The van der Waals surface area contributed by atoms with Gasteiger partial charge >= 0.3 is 0 Å². The van der Waals surface area contributed by atoms with Crippen LogP contribution in [0.1, 0.15) is 11.9 Å². The van der Waals surface area contributed by atoms with Crippen LogP contribution in [0.15, 0.2) is 24.3 Å². The molecule has 1 saturated heterocycles. The first-order valence-corrected chi connectivity index (χ1v) is 4.25. The minimum absolute atomic E-state index is 0. The Kier molecular flexibility index (Phi) is 4.02. The van der Waals surface area contributed by atoms with Gasteiger partial charge in [-0.2, -0.15) is 0 Å². The van der Waals surface area contributed by atoms with Crippen molar-refractivity contribution in [1.82, 2.24) is 0 Å². The molecule has 0 aromatic heterocycles. The number of halogens is 1. The Morgan fingerprint density at radius 3 is 2.20 bits per heavy atom. The average Bonchev–Trinajstić information content (AvgIpc) is 2.71. The van der Waals surface area contributed by atoms with Crippen LogP contribution in [-0.4, -0.2) is 18.1 Å². The molecule has 0 bridgehead atoms. The quantitative estimate of drug-likeness (QED) is 0.577. The fourth-order valence-electron chi connectivity index (χ4n) is 1.30. The minimum atomic E-state index is -0.430. The van der Waals surface area contributed by atoms with Crippen LogP contribution in [0.3, 0.4) is 0 Å². The highest BCUT2D eigenvalue weighted by Crippen LogP contribution is 2.24. The molecular formula is C9H10ClNO4. The van der Waals surface area contributed by atoms with Gasteiger partial charge in [0.25, 0.3) is 5.69 Å². The lowest BCUT2D eigenvalue weighted by atomic mass is 10.2. The molecule has 1 heterocycles. The van der Waals surface area contributed by atoms with Crippen LogP contribution in [0.4, 0.5) is 5.69 Å². The Balaban J connectivity index is 0.00000112. The zero-order valence-electron chi connectivity index (χ0n) is 7.79. The second-order valence-electron chi connectivity index (χ2n) is 2.92. The summed E-state index contributed by atoms with van der Waals surface area (Å²) in [6.45, 7) is 1.14. The van der Waals surface area contributed by atoms with Crippen LogP contribution in [0, 0.1) is 10.1 Å². The molecule has 1 aromatic rings. The first kappa shape index (κ1) is 11.9. The highest BCUT2D eigenvalue weighted by Gasteiger charge is 2.18. The Hall–Kier alpha value is -1.17. The third-order valence-electron chi connectivity index (χ3n) is 2.00. The van der Waals surface area contributed by atoms with Gasteiger partial charge in [-0.05, 0) is 12.1 Å². The maximum Gasteiger partial charge on any atom is 0.269 e. The van der Waals surface area contributed by atoms with Gasteiger partial charge in [0, 0.05) is 17.7 Å². The largest absolute Gasteiger partial charge is 0.346 e. The number of nitrogens with zero attached hydrogens (tertiary/aromatic N) is 1. The Labute approximate surface area is 92.6 Å². The van der Waals surface area contributed by atoms with Gasteiger partial charge in [0.2, 0.25) is 0 Å². The SMILES string of the molecule is Cl.O=[N+]([O-])c1ccc(C2OCCO2)cc1. The molecule has 6 heteroatoms. The maximum atomic E-state index is 10.4. The minimum Gasteiger partial charge on any atom is -0.346 e. The number of benzene rings is 1. The normalized spacial score (nSPS) is 16.0. The monoisotopic (exact) mass is 231 g/mol. The number of hydrogen-bond donors (Lipinski definition) is 0. The summed E-state index contributed by atoms with van der Waals surface area (Å²) in [5, 5.41) is 10.4. The van der Waals surface area contributed by atoms with Crippen molar-refractivity contribution in [3.8, 4) is 0 Å². The molecule has 0 amide bonds. The summed E-state index contributed by atoms with van der Waals surface area (Å²) in [5.41, 5.74) is 0.889. The summed E-state index contributed by atoms with van der Waals surface area (Å²) in [5.74, 6) is 0. The molecule has 0 unspecified atom stereocenters. The second kappa shape index (κ2) is 5.06. The smallest absolute Gasteiger partial charge is 0.269 e. The standard InChI is InChI=1S/C9H9NO4.ClH/c11-10(12)8-3-1-7(2-4-8)9-13-5-6-14-9;/h1-4,9H,5-6H2;1H. The van der Waals surface area contributed by atoms with Crippen LogP contribution in [-0.2, 0) is 9.47 Å². The molecule has 1 aliphatic heterocycles. The van der Waals surface area contributed by atoms with Crippen LogP contribution >= 0.6 is 12.4 Å².